The largest absolute Gasteiger partial charge is 0.477 e. The summed E-state index contributed by atoms with van der Waals surface area (Å²) in [7, 11) is 0. The summed E-state index contributed by atoms with van der Waals surface area (Å²) in [6.45, 7) is 0. The first-order chi connectivity index (χ1) is 8.06. The summed E-state index contributed by atoms with van der Waals surface area (Å²) in [4.78, 5) is 17.3. The maximum absolute atomic E-state index is 12.7. The lowest BCUT2D eigenvalue weighted by atomic mass is 10.1. The summed E-state index contributed by atoms with van der Waals surface area (Å²) in [6, 6.07) is 6.93. The number of H-pyrrole nitrogens is 1. The van der Waals surface area contributed by atoms with Gasteiger partial charge in [0.05, 0.1) is 5.69 Å². The number of carboxylic acids is 1. The van der Waals surface area contributed by atoms with Crippen LogP contribution in [0.2, 0.25) is 0 Å². The molecule has 0 spiro atoms. The number of rotatable bonds is 2. The van der Waals surface area contributed by atoms with Crippen molar-refractivity contribution in [2.45, 2.75) is 0 Å². The molecule has 2 rings (SSSR count). The van der Waals surface area contributed by atoms with Crippen molar-refractivity contribution in [3.05, 3.63) is 46.6 Å². The Hall–Kier alpha value is -2.08. The van der Waals surface area contributed by atoms with E-state index in [1.807, 2.05) is 0 Å². The van der Waals surface area contributed by atoms with Crippen molar-refractivity contribution in [2.75, 3.05) is 0 Å². The second-order valence-electron chi connectivity index (χ2n) is 3.30. The van der Waals surface area contributed by atoms with Gasteiger partial charge < -0.3 is 10.1 Å². The molecule has 2 aromatic rings. The van der Waals surface area contributed by atoms with E-state index in [0.717, 1.165) is 0 Å². The summed E-state index contributed by atoms with van der Waals surface area (Å²) in [5.41, 5.74) is 0.949. The normalized spacial score (nSPS) is 10.2. The van der Waals surface area contributed by atoms with Crippen molar-refractivity contribution in [1.82, 2.24) is 9.97 Å². The average Bonchev–Trinajstić information content (AvgIpc) is 2.29. The van der Waals surface area contributed by atoms with Crippen LogP contribution in [-0.4, -0.2) is 21.0 Å². The van der Waals surface area contributed by atoms with Crippen LogP contribution in [0.5, 0.6) is 0 Å². The second-order valence-corrected chi connectivity index (χ2v) is 3.68. The molecule has 0 atom stereocenters. The molecule has 0 aliphatic heterocycles. The minimum atomic E-state index is -1.12. The molecule has 17 heavy (non-hydrogen) atoms. The summed E-state index contributed by atoms with van der Waals surface area (Å²) in [6.07, 6.45) is 0. The number of aromatic nitrogens is 2. The Kier molecular flexibility index (Phi) is 2.97. The number of hydrogen-bond acceptors (Lipinski definition) is 3. The van der Waals surface area contributed by atoms with E-state index in [1.165, 1.54) is 30.3 Å². The molecule has 4 nitrogen and oxygen atoms in total. The third-order valence-corrected chi connectivity index (χ3v) is 2.31. The number of halogens is 1. The van der Waals surface area contributed by atoms with Gasteiger partial charge in [-0.25, -0.2) is 14.2 Å². The van der Waals surface area contributed by atoms with Gasteiger partial charge in [0.25, 0.3) is 0 Å². The number of nitrogens with one attached hydrogen (secondary N) is 1. The second kappa shape index (κ2) is 4.42. The number of aromatic amines is 1. The lowest BCUT2D eigenvalue weighted by Crippen LogP contribution is -2.02. The van der Waals surface area contributed by atoms with Crippen LogP contribution in [0.1, 0.15) is 10.5 Å². The fraction of sp³-hybridized carbons (Fsp3) is 0. The zero-order chi connectivity index (χ0) is 12.4. The summed E-state index contributed by atoms with van der Waals surface area (Å²) in [5.74, 6) is -1.49. The maximum atomic E-state index is 12.7. The van der Waals surface area contributed by atoms with Crippen molar-refractivity contribution < 1.29 is 14.3 Å². The highest BCUT2D eigenvalue weighted by atomic mass is 32.1. The van der Waals surface area contributed by atoms with Gasteiger partial charge in [-0.05, 0) is 42.5 Å². The number of aromatic carboxylic acids is 1. The van der Waals surface area contributed by atoms with E-state index in [1.54, 1.807) is 0 Å². The van der Waals surface area contributed by atoms with Crippen LogP contribution in [-0.2, 0) is 0 Å². The molecule has 0 amide bonds. The zero-order valence-corrected chi connectivity index (χ0v) is 9.29. The molecule has 0 fully saturated rings. The fourth-order valence-electron chi connectivity index (χ4n) is 1.34. The molecule has 1 heterocycles. The SMILES string of the molecule is O=C(O)c1cc(-c2ccc(F)cc2)nc(=S)[nH]1. The first-order valence-electron chi connectivity index (χ1n) is 4.67. The van der Waals surface area contributed by atoms with Crippen LogP contribution in [0.3, 0.4) is 0 Å². The minimum Gasteiger partial charge on any atom is -0.477 e. The Labute approximate surface area is 101 Å². The lowest BCUT2D eigenvalue weighted by molar-refractivity contribution is 0.0690. The minimum absolute atomic E-state index is 0.0516. The van der Waals surface area contributed by atoms with Crippen molar-refractivity contribution >= 4 is 18.2 Å². The Morgan fingerprint density at radius 1 is 1.35 bits per heavy atom. The smallest absolute Gasteiger partial charge is 0.352 e. The van der Waals surface area contributed by atoms with E-state index in [0.29, 0.717) is 11.3 Å². The monoisotopic (exact) mass is 250 g/mol. The third kappa shape index (κ3) is 2.54. The first-order valence-corrected chi connectivity index (χ1v) is 5.08. The molecule has 1 aromatic heterocycles. The highest BCUT2D eigenvalue weighted by molar-refractivity contribution is 7.71. The molecule has 86 valence electrons. The predicted octanol–water partition coefficient (Wildman–Crippen LogP) is 2.64. The Morgan fingerprint density at radius 2 is 2.00 bits per heavy atom. The number of hydrogen-bond donors (Lipinski definition) is 2. The standard InChI is InChI=1S/C11H7FN2O2S/c12-7-3-1-6(2-4-7)8-5-9(10(15)16)14-11(17)13-8/h1-5H,(H,15,16)(H,13,14,17). The van der Waals surface area contributed by atoms with E-state index in [-0.39, 0.29) is 16.3 Å². The molecule has 0 aliphatic rings. The molecular formula is C11H7FN2O2S. The van der Waals surface area contributed by atoms with Gasteiger partial charge >= 0.3 is 5.97 Å². The van der Waals surface area contributed by atoms with Crippen LogP contribution in [0.25, 0.3) is 11.3 Å². The molecule has 2 N–H and O–H groups in total. The van der Waals surface area contributed by atoms with E-state index in [2.05, 4.69) is 9.97 Å². The molecule has 0 saturated carbocycles. The van der Waals surface area contributed by atoms with E-state index < -0.39 is 5.97 Å². The van der Waals surface area contributed by atoms with Crippen molar-refractivity contribution in [2.24, 2.45) is 0 Å². The number of benzene rings is 1. The van der Waals surface area contributed by atoms with Crippen molar-refractivity contribution in [1.29, 1.82) is 0 Å². The molecule has 0 bridgehead atoms. The van der Waals surface area contributed by atoms with E-state index >= 15 is 0 Å². The van der Waals surface area contributed by atoms with Crippen LogP contribution in [0, 0.1) is 10.6 Å². The molecular weight excluding hydrogens is 243 g/mol. The van der Waals surface area contributed by atoms with Crippen LogP contribution < -0.4 is 0 Å². The highest BCUT2D eigenvalue weighted by Crippen LogP contribution is 2.17. The summed E-state index contributed by atoms with van der Waals surface area (Å²) >= 11 is 4.83. The van der Waals surface area contributed by atoms with Gasteiger partial charge in [0, 0.05) is 5.56 Å². The zero-order valence-electron chi connectivity index (χ0n) is 8.48. The number of nitrogens with zero attached hydrogens (tertiary/aromatic N) is 1. The van der Waals surface area contributed by atoms with E-state index in [9.17, 15) is 9.18 Å². The molecule has 0 saturated heterocycles. The predicted molar refractivity (Wildman–Crippen MR) is 61.8 cm³/mol. The lowest BCUT2D eigenvalue weighted by Gasteiger charge is -2.02. The van der Waals surface area contributed by atoms with E-state index in [4.69, 9.17) is 17.3 Å². The average molecular weight is 250 g/mol. The molecule has 6 heteroatoms. The van der Waals surface area contributed by atoms with Gasteiger partial charge in [-0.1, -0.05) is 0 Å². The number of carboxylic acid groups (broad SMARTS) is 1. The third-order valence-electron chi connectivity index (χ3n) is 2.12. The van der Waals surface area contributed by atoms with Gasteiger partial charge in [0.1, 0.15) is 11.5 Å². The van der Waals surface area contributed by atoms with Crippen LogP contribution >= 0.6 is 12.2 Å². The molecule has 0 aliphatic carbocycles. The van der Waals surface area contributed by atoms with Gasteiger partial charge in [0.2, 0.25) is 0 Å². The van der Waals surface area contributed by atoms with Gasteiger partial charge in [-0.15, -0.1) is 0 Å². The van der Waals surface area contributed by atoms with Gasteiger partial charge in [-0.2, -0.15) is 0 Å². The van der Waals surface area contributed by atoms with Crippen LogP contribution in [0.15, 0.2) is 30.3 Å². The quantitative estimate of drug-likeness (QED) is 0.804. The number of carbonyl (C=O) groups is 1. The Balaban J connectivity index is 2.55. The Morgan fingerprint density at radius 3 is 2.59 bits per heavy atom. The highest BCUT2D eigenvalue weighted by Gasteiger charge is 2.07. The van der Waals surface area contributed by atoms with Gasteiger partial charge in [-0.3, -0.25) is 0 Å². The van der Waals surface area contributed by atoms with Crippen molar-refractivity contribution in [3.8, 4) is 11.3 Å². The van der Waals surface area contributed by atoms with Crippen LogP contribution in [0.4, 0.5) is 4.39 Å². The van der Waals surface area contributed by atoms with Gasteiger partial charge in [0.15, 0.2) is 4.77 Å². The Bertz CT molecular complexity index is 622. The maximum Gasteiger partial charge on any atom is 0.352 e. The fourth-order valence-corrected chi connectivity index (χ4v) is 1.55. The topological polar surface area (TPSA) is 66.0 Å². The molecule has 0 unspecified atom stereocenters. The van der Waals surface area contributed by atoms with Crippen molar-refractivity contribution in [3.63, 3.8) is 0 Å². The summed E-state index contributed by atoms with van der Waals surface area (Å²) < 4.78 is 12.8. The molecule has 0 radical (unpaired) electrons. The summed E-state index contributed by atoms with van der Waals surface area (Å²) in [5, 5.41) is 8.86. The molecule has 1 aromatic carbocycles. The first kappa shape index (κ1) is 11.4.